The van der Waals surface area contributed by atoms with Crippen LogP contribution in [0.4, 0.5) is 0 Å². The summed E-state index contributed by atoms with van der Waals surface area (Å²) in [6, 6.07) is 0. The standard InChI is InChI=1S/C5H12O4S/c1-4(6)3-5(2)9-10(7)8/h4-6H,3H2,1-2H3,(H,7,8). The van der Waals surface area contributed by atoms with Crippen molar-refractivity contribution >= 4 is 11.4 Å². The zero-order valence-corrected chi connectivity index (χ0v) is 6.80. The monoisotopic (exact) mass is 168 g/mol. The van der Waals surface area contributed by atoms with Crippen LogP contribution in [0.25, 0.3) is 0 Å². The number of aliphatic hydroxyl groups is 1. The molecule has 0 spiro atoms. The molecule has 0 fully saturated rings. The summed E-state index contributed by atoms with van der Waals surface area (Å²) in [6.07, 6.45) is -0.517. The van der Waals surface area contributed by atoms with Crippen molar-refractivity contribution in [2.75, 3.05) is 0 Å². The maximum atomic E-state index is 10.00. The molecule has 0 aromatic rings. The molecule has 0 aliphatic carbocycles. The Bertz CT molecular complexity index is 114. The van der Waals surface area contributed by atoms with Crippen molar-refractivity contribution in [1.82, 2.24) is 0 Å². The molecular weight excluding hydrogens is 156 g/mol. The smallest absolute Gasteiger partial charge is 0.302 e. The van der Waals surface area contributed by atoms with Crippen molar-refractivity contribution in [3.63, 3.8) is 0 Å². The lowest BCUT2D eigenvalue weighted by molar-refractivity contribution is 0.118. The van der Waals surface area contributed by atoms with Crippen LogP contribution in [0.3, 0.4) is 0 Å². The molecule has 3 atom stereocenters. The van der Waals surface area contributed by atoms with E-state index < -0.39 is 17.5 Å². The highest BCUT2D eigenvalue weighted by Crippen LogP contribution is 2.02. The van der Waals surface area contributed by atoms with Gasteiger partial charge in [-0.15, -0.1) is 0 Å². The lowest BCUT2D eigenvalue weighted by atomic mass is 10.2. The van der Waals surface area contributed by atoms with Crippen LogP contribution >= 0.6 is 0 Å². The van der Waals surface area contributed by atoms with Crippen LogP contribution in [0, 0.1) is 0 Å². The first kappa shape index (κ1) is 10.0. The van der Waals surface area contributed by atoms with Crippen LogP contribution in [-0.4, -0.2) is 26.1 Å². The Balaban J connectivity index is 3.43. The van der Waals surface area contributed by atoms with Gasteiger partial charge in [-0.05, 0) is 13.8 Å². The summed E-state index contributed by atoms with van der Waals surface area (Å²) in [5.41, 5.74) is 0. The van der Waals surface area contributed by atoms with E-state index in [1.54, 1.807) is 13.8 Å². The van der Waals surface area contributed by atoms with Crippen molar-refractivity contribution in [2.45, 2.75) is 32.5 Å². The zero-order valence-electron chi connectivity index (χ0n) is 5.98. The molecule has 0 radical (unpaired) electrons. The Hall–Kier alpha value is 0.0300. The largest absolute Gasteiger partial charge is 0.393 e. The molecule has 0 rings (SSSR count). The SMILES string of the molecule is CC(O)CC(C)OS(=O)O. The third-order valence-electron chi connectivity index (χ3n) is 0.920. The van der Waals surface area contributed by atoms with Gasteiger partial charge in [-0.25, -0.2) is 0 Å². The van der Waals surface area contributed by atoms with E-state index in [2.05, 4.69) is 4.18 Å². The van der Waals surface area contributed by atoms with E-state index in [-0.39, 0.29) is 6.10 Å². The lowest BCUT2D eigenvalue weighted by Crippen LogP contribution is -2.16. The van der Waals surface area contributed by atoms with Crippen molar-refractivity contribution in [2.24, 2.45) is 0 Å². The van der Waals surface area contributed by atoms with Crippen molar-refractivity contribution < 1.29 is 18.1 Å². The first-order valence-electron chi connectivity index (χ1n) is 2.98. The first-order valence-corrected chi connectivity index (χ1v) is 4.01. The van der Waals surface area contributed by atoms with Gasteiger partial charge in [0.2, 0.25) is 0 Å². The summed E-state index contributed by atoms with van der Waals surface area (Å²) in [6.45, 7) is 3.22. The molecule has 0 aliphatic heterocycles. The second-order valence-electron chi connectivity index (χ2n) is 2.21. The molecule has 0 saturated heterocycles. The minimum Gasteiger partial charge on any atom is -0.393 e. The summed E-state index contributed by atoms with van der Waals surface area (Å²) < 4.78 is 22.6. The number of hydrogen-bond acceptors (Lipinski definition) is 3. The third-order valence-corrected chi connectivity index (χ3v) is 1.41. The van der Waals surface area contributed by atoms with Crippen LogP contribution in [0.5, 0.6) is 0 Å². The maximum Gasteiger partial charge on any atom is 0.302 e. The van der Waals surface area contributed by atoms with E-state index in [1.165, 1.54) is 0 Å². The van der Waals surface area contributed by atoms with E-state index in [9.17, 15) is 4.21 Å². The molecule has 62 valence electrons. The highest BCUT2D eigenvalue weighted by Gasteiger charge is 2.08. The van der Waals surface area contributed by atoms with E-state index in [0.29, 0.717) is 6.42 Å². The highest BCUT2D eigenvalue weighted by atomic mass is 32.2. The molecule has 4 nitrogen and oxygen atoms in total. The van der Waals surface area contributed by atoms with Gasteiger partial charge in [0.1, 0.15) is 0 Å². The van der Waals surface area contributed by atoms with Gasteiger partial charge >= 0.3 is 11.4 Å². The molecule has 5 heteroatoms. The minimum absolute atomic E-state index is 0.367. The Morgan fingerprint density at radius 3 is 2.40 bits per heavy atom. The maximum absolute atomic E-state index is 10.00. The van der Waals surface area contributed by atoms with Crippen LogP contribution < -0.4 is 0 Å². The van der Waals surface area contributed by atoms with Crippen molar-refractivity contribution in [3.8, 4) is 0 Å². The van der Waals surface area contributed by atoms with E-state index in [4.69, 9.17) is 9.66 Å². The van der Waals surface area contributed by atoms with Crippen LogP contribution in [0.15, 0.2) is 0 Å². The Morgan fingerprint density at radius 2 is 2.10 bits per heavy atom. The second-order valence-corrected chi connectivity index (χ2v) is 2.84. The van der Waals surface area contributed by atoms with Crippen molar-refractivity contribution in [1.29, 1.82) is 0 Å². The fourth-order valence-electron chi connectivity index (χ4n) is 0.660. The van der Waals surface area contributed by atoms with E-state index in [0.717, 1.165) is 0 Å². The molecule has 3 unspecified atom stereocenters. The summed E-state index contributed by atoms with van der Waals surface area (Å²) in [5, 5.41) is 8.78. The van der Waals surface area contributed by atoms with Crippen LogP contribution in [0.1, 0.15) is 20.3 Å². The van der Waals surface area contributed by atoms with Gasteiger partial charge in [0.25, 0.3) is 0 Å². The van der Waals surface area contributed by atoms with Crippen LogP contribution in [0.2, 0.25) is 0 Å². The Morgan fingerprint density at radius 1 is 1.60 bits per heavy atom. The van der Waals surface area contributed by atoms with E-state index >= 15 is 0 Å². The predicted octanol–water partition coefficient (Wildman–Crippen LogP) is 0.299. The molecule has 2 N–H and O–H groups in total. The highest BCUT2D eigenvalue weighted by molar-refractivity contribution is 7.74. The predicted molar refractivity (Wildman–Crippen MR) is 37.6 cm³/mol. The number of aliphatic hydroxyl groups excluding tert-OH is 1. The Kier molecular flexibility index (Phi) is 4.80. The van der Waals surface area contributed by atoms with Crippen molar-refractivity contribution in [3.05, 3.63) is 0 Å². The number of rotatable bonds is 4. The molecule has 10 heavy (non-hydrogen) atoms. The van der Waals surface area contributed by atoms with Gasteiger partial charge in [-0.2, -0.15) is 4.21 Å². The van der Waals surface area contributed by atoms with Gasteiger partial charge in [-0.1, -0.05) is 0 Å². The molecular formula is C5H12O4S. The lowest BCUT2D eigenvalue weighted by Gasteiger charge is -2.10. The van der Waals surface area contributed by atoms with Gasteiger partial charge in [0, 0.05) is 6.42 Å². The fourth-order valence-corrected chi connectivity index (χ4v) is 1.02. The fraction of sp³-hybridized carbons (Fsp3) is 1.00. The third kappa shape index (κ3) is 6.15. The summed E-state index contributed by atoms with van der Waals surface area (Å²) in [4.78, 5) is 0. The molecule has 0 aromatic heterocycles. The molecule has 0 bridgehead atoms. The molecule has 0 saturated carbocycles. The molecule has 0 amide bonds. The average Bonchev–Trinajstić information content (AvgIpc) is 1.58. The van der Waals surface area contributed by atoms with E-state index in [1.807, 2.05) is 0 Å². The van der Waals surface area contributed by atoms with Gasteiger partial charge in [0.15, 0.2) is 0 Å². The quantitative estimate of drug-likeness (QED) is 0.592. The summed E-state index contributed by atoms with van der Waals surface area (Å²) in [7, 11) is 0. The zero-order chi connectivity index (χ0) is 8.15. The first-order chi connectivity index (χ1) is 4.52. The average molecular weight is 168 g/mol. The van der Waals surface area contributed by atoms with Gasteiger partial charge in [0.05, 0.1) is 12.2 Å². The van der Waals surface area contributed by atoms with Crippen LogP contribution in [-0.2, 0) is 15.5 Å². The topological polar surface area (TPSA) is 66.8 Å². The molecule has 0 heterocycles. The molecule has 0 aromatic carbocycles. The normalized spacial score (nSPS) is 20.0. The summed E-state index contributed by atoms with van der Waals surface area (Å²) >= 11 is -2.22. The second kappa shape index (κ2) is 4.79. The van der Waals surface area contributed by atoms with Gasteiger partial charge < -0.3 is 5.11 Å². The molecule has 0 aliphatic rings. The Labute approximate surface area is 62.7 Å². The minimum atomic E-state index is -2.22. The van der Waals surface area contributed by atoms with Gasteiger partial charge in [-0.3, -0.25) is 8.74 Å². The summed E-state index contributed by atoms with van der Waals surface area (Å²) in [5.74, 6) is 0. The number of hydrogen-bond donors (Lipinski definition) is 2.